The van der Waals surface area contributed by atoms with Crippen LogP contribution < -0.4 is 11.2 Å². The number of hydrogen-bond acceptors (Lipinski definition) is 3. The largest absolute Gasteiger partial charge is 0.369 e. The average molecular weight is 388 g/mol. The van der Waals surface area contributed by atoms with E-state index >= 15 is 0 Å². The highest BCUT2D eigenvalue weighted by Gasteiger charge is 2.29. The minimum Gasteiger partial charge on any atom is -0.369 e. The number of halogens is 3. The third kappa shape index (κ3) is 3.66. The Kier molecular flexibility index (Phi) is 5.74. The van der Waals surface area contributed by atoms with Gasteiger partial charge in [0.15, 0.2) is 0 Å². The lowest BCUT2D eigenvalue weighted by atomic mass is 9.81. The molecule has 1 aromatic heterocycles. The quantitative estimate of drug-likeness (QED) is 0.361. The number of nitrogens with zero attached hydrogens (tertiary/aromatic N) is 2. The zero-order valence-electron chi connectivity index (χ0n) is 12.9. The molecule has 0 saturated carbocycles. The minimum atomic E-state index is -0.205. The SMILES string of the molecule is Cc1n[nH]c2c1C(=NNC(=N)N)CC(c1cc(Cl)ccc1Cl)C2.Cl. The van der Waals surface area contributed by atoms with Crippen LogP contribution >= 0.6 is 35.6 Å². The number of aryl methyl sites for hydroxylation is 1. The number of H-pyrrole nitrogens is 1. The van der Waals surface area contributed by atoms with Gasteiger partial charge in [-0.3, -0.25) is 10.5 Å². The number of fused-ring (bicyclic) bond motifs is 1. The highest BCUT2D eigenvalue weighted by molar-refractivity contribution is 6.33. The summed E-state index contributed by atoms with van der Waals surface area (Å²) in [5, 5.41) is 20.2. The Labute approximate surface area is 155 Å². The molecule has 6 nitrogen and oxygen atoms in total. The fourth-order valence-electron chi connectivity index (χ4n) is 2.94. The van der Waals surface area contributed by atoms with E-state index in [4.69, 9.17) is 34.3 Å². The maximum atomic E-state index is 7.29. The lowest BCUT2D eigenvalue weighted by Crippen LogP contribution is -2.29. The van der Waals surface area contributed by atoms with Crippen LogP contribution in [0, 0.1) is 12.3 Å². The van der Waals surface area contributed by atoms with Gasteiger partial charge in [-0.1, -0.05) is 23.2 Å². The van der Waals surface area contributed by atoms with Crippen molar-refractivity contribution in [1.82, 2.24) is 15.6 Å². The van der Waals surface area contributed by atoms with Crippen molar-refractivity contribution in [2.75, 3.05) is 0 Å². The molecule has 1 atom stereocenters. The molecule has 1 aliphatic carbocycles. The Morgan fingerprint density at radius 2 is 2.17 bits per heavy atom. The van der Waals surface area contributed by atoms with Crippen molar-refractivity contribution < 1.29 is 0 Å². The minimum absolute atomic E-state index is 0. The van der Waals surface area contributed by atoms with Crippen LogP contribution in [-0.4, -0.2) is 21.9 Å². The molecule has 9 heteroatoms. The van der Waals surface area contributed by atoms with Crippen molar-refractivity contribution in [3.05, 3.63) is 50.8 Å². The first-order valence-corrected chi connectivity index (χ1v) is 7.87. The zero-order valence-corrected chi connectivity index (χ0v) is 15.2. The van der Waals surface area contributed by atoms with Crippen molar-refractivity contribution in [3.8, 4) is 0 Å². The molecule has 1 heterocycles. The molecule has 3 rings (SSSR count). The Hall–Kier alpha value is -1.76. The van der Waals surface area contributed by atoms with Gasteiger partial charge in [0, 0.05) is 21.3 Å². The van der Waals surface area contributed by atoms with Crippen LogP contribution in [0.3, 0.4) is 0 Å². The van der Waals surface area contributed by atoms with Gasteiger partial charge in [0.25, 0.3) is 0 Å². The number of nitrogens with two attached hydrogens (primary N) is 1. The summed E-state index contributed by atoms with van der Waals surface area (Å²) in [5.74, 6) is -0.0795. The summed E-state index contributed by atoms with van der Waals surface area (Å²) >= 11 is 12.5. The van der Waals surface area contributed by atoms with Gasteiger partial charge in [0.05, 0.1) is 11.4 Å². The Morgan fingerprint density at radius 3 is 2.88 bits per heavy atom. The maximum absolute atomic E-state index is 7.29. The van der Waals surface area contributed by atoms with Gasteiger partial charge < -0.3 is 5.73 Å². The first-order chi connectivity index (χ1) is 11.0. The molecule has 0 saturated heterocycles. The van der Waals surface area contributed by atoms with Crippen LogP contribution in [0.2, 0.25) is 10.0 Å². The lowest BCUT2D eigenvalue weighted by molar-refractivity contribution is 0.677. The second-order valence-corrected chi connectivity index (χ2v) is 6.36. The molecule has 24 heavy (non-hydrogen) atoms. The van der Waals surface area contributed by atoms with Gasteiger partial charge in [-0.25, -0.2) is 5.43 Å². The smallest absolute Gasteiger partial charge is 0.206 e. The Balaban J connectivity index is 0.00000208. The molecule has 1 aromatic carbocycles. The van der Waals surface area contributed by atoms with E-state index < -0.39 is 0 Å². The van der Waals surface area contributed by atoms with E-state index in [1.165, 1.54) is 0 Å². The van der Waals surface area contributed by atoms with Crippen molar-refractivity contribution in [2.45, 2.75) is 25.7 Å². The van der Waals surface area contributed by atoms with E-state index in [2.05, 4.69) is 20.7 Å². The number of aromatic amines is 1. The highest BCUT2D eigenvalue weighted by atomic mass is 35.5. The van der Waals surface area contributed by atoms with Crippen molar-refractivity contribution >= 4 is 47.3 Å². The average Bonchev–Trinajstić information content (AvgIpc) is 2.88. The maximum Gasteiger partial charge on any atom is 0.206 e. The fraction of sp³-hybridized carbons (Fsp3) is 0.267. The van der Waals surface area contributed by atoms with E-state index in [9.17, 15) is 0 Å². The summed E-state index contributed by atoms with van der Waals surface area (Å²) in [7, 11) is 0. The van der Waals surface area contributed by atoms with Gasteiger partial charge in [-0.05, 0) is 49.4 Å². The number of aromatic nitrogens is 2. The van der Waals surface area contributed by atoms with E-state index in [-0.39, 0.29) is 24.3 Å². The molecule has 0 fully saturated rings. The van der Waals surface area contributed by atoms with Gasteiger partial charge >= 0.3 is 0 Å². The van der Waals surface area contributed by atoms with Crippen LogP contribution in [0.5, 0.6) is 0 Å². The van der Waals surface area contributed by atoms with Crippen molar-refractivity contribution in [3.63, 3.8) is 0 Å². The fourth-order valence-corrected chi connectivity index (χ4v) is 3.40. The van der Waals surface area contributed by atoms with Crippen molar-refractivity contribution in [2.24, 2.45) is 10.8 Å². The summed E-state index contributed by atoms with van der Waals surface area (Å²) in [6.45, 7) is 1.92. The Bertz CT molecular complexity index is 799. The molecule has 1 unspecified atom stereocenters. The monoisotopic (exact) mass is 386 g/mol. The number of guanidine groups is 1. The van der Waals surface area contributed by atoms with Gasteiger partial charge in [-0.15, -0.1) is 12.4 Å². The van der Waals surface area contributed by atoms with Crippen LogP contribution in [-0.2, 0) is 6.42 Å². The molecule has 1 aliphatic rings. The highest BCUT2D eigenvalue weighted by Crippen LogP contribution is 2.37. The molecule has 0 amide bonds. The third-order valence-electron chi connectivity index (χ3n) is 3.91. The zero-order chi connectivity index (χ0) is 16.6. The third-order valence-corrected chi connectivity index (χ3v) is 4.49. The van der Waals surface area contributed by atoms with Crippen LogP contribution in [0.25, 0.3) is 0 Å². The first kappa shape index (κ1) is 18.6. The van der Waals surface area contributed by atoms with E-state index in [1.807, 2.05) is 13.0 Å². The van der Waals surface area contributed by atoms with Crippen LogP contribution in [0.4, 0.5) is 0 Å². The molecule has 128 valence electrons. The number of benzene rings is 1. The van der Waals surface area contributed by atoms with Gasteiger partial charge in [0.2, 0.25) is 5.96 Å². The molecular formula is C15H17Cl3N6. The predicted octanol–water partition coefficient (Wildman–Crippen LogP) is 3.36. The molecule has 0 radical (unpaired) electrons. The van der Waals surface area contributed by atoms with E-state index in [1.54, 1.807) is 12.1 Å². The second-order valence-electron chi connectivity index (χ2n) is 5.52. The van der Waals surface area contributed by atoms with Crippen LogP contribution in [0.15, 0.2) is 23.3 Å². The summed E-state index contributed by atoms with van der Waals surface area (Å²) in [4.78, 5) is 0. The lowest BCUT2D eigenvalue weighted by Gasteiger charge is -2.25. The summed E-state index contributed by atoms with van der Waals surface area (Å²) in [6, 6.07) is 5.46. The number of rotatable bonds is 2. The van der Waals surface area contributed by atoms with Gasteiger partial charge in [-0.2, -0.15) is 10.2 Å². The number of hydrogen-bond donors (Lipinski definition) is 4. The molecule has 0 aliphatic heterocycles. The second kappa shape index (κ2) is 7.42. The van der Waals surface area contributed by atoms with Crippen LogP contribution in [0.1, 0.15) is 34.9 Å². The van der Waals surface area contributed by atoms with E-state index in [0.29, 0.717) is 16.5 Å². The summed E-state index contributed by atoms with van der Waals surface area (Å²) in [6.07, 6.45) is 1.43. The Morgan fingerprint density at radius 1 is 1.42 bits per heavy atom. The predicted molar refractivity (Wildman–Crippen MR) is 99.7 cm³/mol. The summed E-state index contributed by atoms with van der Waals surface area (Å²) < 4.78 is 0. The standard InChI is InChI=1S/C15H16Cl2N6.ClH/c1-7-14-12(21-20-7)4-8(5-13(14)22-23-15(18)19)10-6-9(16)2-3-11(10)17;/h2-3,6,8H,4-5H2,1H3,(H,20,21)(H4,18,19,23);1H. The topological polar surface area (TPSA) is 103 Å². The molecule has 2 aromatic rings. The normalized spacial score (nSPS) is 18.0. The van der Waals surface area contributed by atoms with Crippen molar-refractivity contribution in [1.29, 1.82) is 5.41 Å². The van der Waals surface area contributed by atoms with E-state index in [0.717, 1.165) is 34.6 Å². The molecule has 0 spiro atoms. The molecule has 0 bridgehead atoms. The number of hydrazone groups is 1. The molecule has 5 N–H and O–H groups in total. The molecular weight excluding hydrogens is 371 g/mol. The number of nitrogens with one attached hydrogen (secondary N) is 3. The van der Waals surface area contributed by atoms with Gasteiger partial charge in [0.1, 0.15) is 0 Å². The first-order valence-electron chi connectivity index (χ1n) is 7.11. The summed E-state index contributed by atoms with van der Waals surface area (Å²) in [5.41, 5.74) is 12.5.